The molecule has 0 aliphatic rings. The fourth-order valence-corrected chi connectivity index (χ4v) is 3.41. The van der Waals surface area contributed by atoms with Crippen molar-refractivity contribution >= 4 is 69.4 Å². The maximum Gasteiger partial charge on any atom is 0.270 e. The topological polar surface area (TPSA) is 96.3 Å². The monoisotopic (exact) mass is 502 g/mol. The molecule has 0 aliphatic heterocycles. The summed E-state index contributed by atoms with van der Waals surface area (Å²) in [5.41, 5.74) is 2.80. The van der Waals surface area contributed by atoms with Gasteiger partial charge in [0.15, 0.2) is 5.11 Å². The number of hydrogen-bond acceptors (Lipinski definition) is 4. The summed E-state index contributed by atoms with van der Waals surface area (Å²) in [6.07, 6.45) is 0.370. The van der Waals surface area contributed by atoms with Gasteiger partial charge in [0.25, 0.3) is 11.6 Å². The highest BCUT2D eigenvalue weighted by Gasteiger charge is 2.35. The number of alkyl halides is 3. The van der Waals surface area contributed by atoms with Crippen LogP contribution in [0.3, 0.4) is 0 Å². The minimum atomic E-state index is -1.96. The summed E-state index contributed by atoms with van der Waals surface area (Å²) in [4.78, 5) is 23.0. The molecule has 0 heterocycles. The van der Waals surface area contributed by atoms with Gasteiger partial charge >= 0.3 is 0 Å². The van der Waals surface area contributed by atoms with E-state index in [1.807, 2.05) is 32.0 Å². The summed E-state index contributed by atoms with van der Waals surface area (Å²) >= 11 is 23.5. The highest BCUT2D eigenvalue weighted by atomic mass is 35.6. The second kappa shape index (κ2) is 10.9. The number of halogens is 3. The van der Waals surface area contributed by atoms with Crippen LogP contribution in [0.2, 0.25) is 0 Å². The predicted molar refractivity (Wildman–Crippen MR) is 129 cm³/mol. The first-order chi connectivity index (χ1) is 14.6. The maximum absolute atomic E-state index is 12.6. The number of amides is 1. The number of nitro benzene ring substituents is 1. The number of thiocarbonyl (C=S) groups is 1. The molecule has 7 nitrogen and oxygen atoms in total. The third-order valence-corrected chi connectivity index (χ3v) is 5.31. The molecule has 0 bridgehead atoms. The van der Waals surface area contributed by atoms with E-state index in [4.69, 9.17) is 47.0 Å². The Hall–Kier alpha value is -2.13. The van der Waals surface area contributed by atoms with Gasteiger partial charge in [-0.15, -0.1) is 0 Å². The van der Waals surface area contributed by atoms with Crippen molar-refractivity contribution in [2.24, 2.45) is 0 Å². The van der Waals surface area contributed by atoms with E-state index in [1.165, 1.54) is 18.2 Å². The van der Waals surface area contributed by atoms with Crippen molar-refractivity contribution in [3.8, 4) is 0 Å². The number of benzene rings is 2. The lowest BCUT2D eigenvalue weighted by Crippen LogP contribution is -2.56. The zero-order valence-corrected chi connectivity index (χ0v) is 19.8. The van der Waals surface area contributed by atoms with E-state index in [1.54, 1.807) is 0 Å². The zero-order chi connectivity index (χ0) is 23.2. The van der Waals surface area contributed by atoms with Crippen LogP contribution in [-0.4, -0.2) is 25.9 Å². The molecule has 0 radical (unpaired) electrons. The molecule has 0 saturated heterocycles. The number of nitrogens with one attached hydrogen (secondary N) is 3. The first kappa shape index (κ1) is 25.1. The Morgan fingerprint density at radius 2 is 1.68 bits per heavy atom. The Labute approximate surface area is 200 Å². The van der Waals surface area contributed by atoms with Crippen LogP contribution in [0.15, 0.2) is 42.5 Å². The summed E-state index contributed by atoms with van der Waals surface area (Å²) in [5, 5.41) is 19.5. The van der Waals surface area contributed by atoms with Crippen molar-refractivity contribution in [3.63, 3.8) is 0 Å². The normalized spacial score (nSPS) is 12.0. The number of nitrogens with zero attached hydrogens (tertiary/aromatic N) is 1. The van der Waals surface area contributed by atoms with E-state index in [0.717, 1.165) is 35.7 Å². The summed E-state index contributed by atoms with van der Waals surface area (Å²) < 4.78 is -1.96. The lowest BCUT2D eigenvalue weighted by atomic mass is 10.0. The predicted octanol–water partition coefficient (Wildman–Crippen LogP) is 5.13. The number of nitro groups is 1. The average Bonchev–Trinajstić information content (AvgIpc) is 2.72. The van der Waals surface area contributed by atoms with Gasteiger partial charge in [-0.1, -0.05) is 72.9 Å². The van der Waals surface area contributed by atoms with E-state index in [0.29, 0.717) is 0 Å². The van der Waals surface area contributed by atoms with E-state index < -0.39 is 20.8 Å². The van der Waals surface area contributed by atoms with Crippen LogP contribution >= 0.6 is 47.0 Å². The average molecular weight is 504 g/mol. The molecule has 0 aromatic heterocycles. The van der Waals surface area contributed by atoms with Crippen molar-refractivity contribution in [2.45, 2.75) is 36.6 Å². The standard InChI is InChI=1S/C20H21Cl3N4O3S/c1-3-12-7-5-8-13(4-2)16(12)24-19(31)26-18(20(21,22)23)25-17(28)14-9-6-10-15(11-14)27(29)30/h5-11,18H,3-4H2,1-2H3,(H,25,28)(H2,24,26,31). The molecule has 1 amide bonds. The van der Waals surface area contributed by atoms with Crippen LogP contribution in [0, 0.1) is 10.1 Å². The number of aryl methyl sites for hydroxylation is 2. The fourth-order valence-electron chi connectivity index (χ4n) is 2.86. The Balaban J connectivity index is 2.19. The molecule has 0 fully saturated rings. The number of non-ortho nitro benzene ring substituents is 1. The second-order valence-electron chi connectivity index (χ2n) is 6.51. The molecule has 166 valence electrons. The van der Waals surface area contributed by atoms with Crippen LogP contribution in [0.4, 0.5) is 11.4 Å². The Bertz CT molecular complexity index is 960. The third kappa shape index (κ3) is 6.93. The summed E-state index contributed by atoms with van der Waals surface area (Å²) in [6, 6.07) is 11.2. The highest BCUT2D eigenvalue weighted by molar-refractivity contribution is 7.80. The Morgan fingerprint density at radius 3 is 2.19 bits per heavy atom. The molecule has 2 rings (SSSR count). The minimum Gasteiger partial charge on any atom is -0.339 e. The number of carbonyl (C=O) groups excluding carboxylic acids is 1. The largest absolute Gasteiger partial charge is 0.339 e. The molecule has 0 spiro atoms. The molecule has 1 unspecified atom stereocenters. The van der Waals surface area contributed by atoms with Crippen LogP contribution in [-0.2, 0) is 12.8 Å². The molecule has 1 atom stereocenters. The van der Waals surface area contributed by atoms with Gasteiger partial charge in [-0.05, 0) is 42.3 Å². The number of anilines is 1. The summed E-state index contributed by atoms with van der Waals surface area (Å²) in [5.74, 6) is -0.668. The van der Waals surface area contributed by atoms with Gasteiger partial charge in [0, 0.05) is 23.4 Å². The van der Waals surface area contributed by atoms with Crippen LogP contribution < -0.4 is 16.0 Å². The van der Waals surface area contributed by atoms with Gasteiger partial charge in [-0.25, -0.2) is 0 Å². The molecular formula is C20H21Cl3N4O3S. The fraction of sp³-hybridized carbons (Fsp3) is 0.300. The Kier molecular flexibility index (Phi) is 8.88. The van der Waals surface area contributed by atoms with Gasteiger partial charge in [0.05, 0.1) is 4.92 Å². The smallest absolute Gasteiger partial charge is 0.270 e. The Morgan fingerprint density at radius 1 is 1.10 bits per heavy atom. The van der Waals surface area contributed by atoms with Crippen LogP contribution in [0.5, 0.6) is 0 Å². The quantitative estimate of drug-likeness (QED) is 0.159. The highest BCUT2D eigenvalue weighted by Crippen LogP contribution is 2.30. The molecule has 11 heteroatoms. The zero-order valence-electron chi connectivity index (χ0n) is 16.7. The molecular weight excluding hydrogens is 483 g/mol. The van der Waals surface area contributed by atoms with Crippen molar-refractivity contribution in [1.82, 2.24) is 10.6 Å². The van der Waals surface area contributed by atoms with E-state index in [-0.39, 0.29) is 16.4 Å². The molecule has 2 aromatic carbocycles. The number of hydrogen-bond donors (Lipinski definition) is 3. The molecule has 0 aliphatic carbocycles. The van der Waals surface area contributed by atoms with Crippen molar-refractivity contribution in [1.29, 1.82) is 0 Å². The minimum absolute atomic E-state index is 0.0405. The number of para-hydroxylation sites is 1. The first-order valence-electron chi connectivity index (χ1n) is 9.37. The molecule has 3 N–H and O–H groups in total. The van der Waals surface area contributed by atoms with Gasteiger partial charge in [-0.2, -0.15) is 0 Å². The number of rotatable bonds is 7. The van der Waals surface area contributed by atoms with E-state index >= 15 is 0 Å². The number of carbonyl (C=O) groups is 1. The van der Waals surface area contributed by atoms with Gasteiger partial charge in [0.1, 0.15) is 6.17 Å². The van der Waals surface area contributed by atoms with Crippen molar-refractivity contribution < 1.29 is 9.72 Å². The van der Waals surface area contributed by atoms with E-state index in [2.05, 4.69) is 16.0 Å². The van der Waals surface area contributed by atoms with Crippen LogP contribution in [0.25, 0.3) is 0 Å². The maximum atomic E-state index is 12.6. The third-order valence-electron chi connectivity index (χ3n) is 4.43. The summed E-state index contributed by atoms with van der Waals surface area (Å²) in [6.45, 7) is 4.06. The SMILES string of the molecule is CCc1cccc(CC)c1NC(=S)NC(NC(=O)c1cccc([N+](=O)[O-])c1)C(Cl)(Cl)Cl. The van der Waals surface area contributed by atoms with Gasteiger partial charge in [0.2, 0.25) is 3.79 Å². The lowest BCUT2D eigenvalue weighted by molar-refractivity contribution is -0.384. The van der Waals surface area contributed by atoms with Gasteiger partial charge < -0.3 is 16.0 Å². The van der Waals surface area contributed by atoms with Crippen molar-refractivity contribution in [3.05, 3.63) is 69.3 Å². The molecule has 2 aromatic rings. The second-order valence-corrected chi connectivity index (χ2v) is 9.29. The van der Waals surface area contributed by atoms with E-state index in [9.17, 15) is 14.9 Å². The van der Waals surface area contributed by atoms with Gasteiger partial charge in [-0.3, -0.25) is 14.9 Å². The van der Waals surface area contributed by atoms with Crippen molar-refractivity contribution in [2.75, 3.05) is 5.32 Å². The molecule has 31 heavy (non-hydrogen) atoms. The first-order valence-corrected chi connectivity index (χ1v) is 10.9. The molecule has 0 saturated carbocycles. The van der Waals surface area contributed by atoms with Crippen LogP contribution in [0.1, 0.15) is 35.3 Å². The summed E-state index contributed by atoms with van der Waals surface area (Å²) in [7, 11) is 0. The lowest BCUT2D eigenvalue weighted by Gasteiger charge is -2.28.